The van der Waals surface area contributed by atoms with Gasteiger partial charge in [-0.25, -0.2) is 13.6 Å². The molecule has 1 saturated carbocycles. The van der Waals surface area contributed by atoms with Crippen LogP contribution in [-0.4, -0.2) is 25.7 Å². The summed E-state index contributed by atoms with van der Waals surface area (Å²) < 4.78 is 22.5. The predicted octanol–water partition coefficient (Wildman–Crippen LogP) is 0.727. The van der Waals surface area contributed by atoms with Gasteiger partial charge in [-0.2, -0.15) is 0 Å². The van der Waals surface area contributed by atoms with Crippen LogP contribution in [0.4, 0.5) is 0 Å². The van der Waals surface area contributed by atoms with Crippen LogP contribution in [0.5, 0.6) is 0 Å². The van der Waals surface area contributed by atoms with Gasteiger partial charge in [-0.05, 0) is 43.4 Å². The lowest BCUT2D eigenvalue weighted by Gasteiger charge is -2.26. The molecule has 19 heavy (non-hydrogen) atoms. The first kappa shape index (κ1) is 14.5. The summed E-state index contributed by atoms with van der Waals surface area (Å²) in [4.78, 5) is 0.144. The third kappa shape index (κ3) is 4.28. The standard InChI is InChI=1S/C13H20N2O3S/c14-19(17,18)13-3-1-2-10(8-13)9-15-11-4-6-12(16)7-5-11/h1-3,8,11-12,15-16H,4-7,9H2,(H2,14,17,18). The van der Waals surface area contributed by atoms with E-state index in [9.17, 15) is 13.5 Å². The zero-order valence-corrected chi connectivity index (χ0v) is 11.6. The molecule has 0 amide bonds. The van der Waals surface area contributed by atoms with Crippen molar-refractivity contribution >= 4 is 10.0 Å². The third-order valence-electron chi connectivity index (χ3n) is 3.52. The predicted molar refractivity (Wildman–Crippen MR) is 72.9 cm³/mol. The molecule has 106 valence electrons. The van der Waals surface area contributed by atoms with Crippen LogP contribution in [0.25, 0.3) is 0 Å². The summed E-state index contributed by atoms with van der Waals surface area (Å²) in [5.41, 5.74) is 0.901. The number of nitrogens with one attached hydrogen (secondary N) is 1. The average Bonchev–Trinajstić information content (AvgIpc) is 2.37. The van der Waals surface area contributed by atoms with Crippen LogP contribution >= 0.6 is 0 Å². The molecule has 1 fully saturated rings. The quantitative estimate of drug-likeness (QED) is 0.760. The van der Waals surface area contributed by atoms with Gasteiger partial charge in [-0.3, -0.25) is 0 Å². The Bertz CT molecular complexity index is 522. The van der Waals surface area contributed by atoms with Crippen LogP contribution < -0.4 is 10.5 Å². The summed E-state index contributed by atoms with van der Waals surface area (Å²) in [5.74, 6) is 0. The summed E-state index contributed by atoms with van der Waals surface area (Å²) in [7, 11) is -3.64. The second kappa shape index (κ2) is 6.00. The van der Waals surface area contributed by atoms with E-state index in [0.717, 1.165) is 31.2 Å². The number of hydrogen-bond donors (Lipinski definition) is 3. The molecular formula is C13H20N2O3S. The minimum Gasteiger partial charge on any atom is -0.393 e. The Kier molecular flexibility index (Phi) is 4.57. The largest absolute Gasteiger partial charge is 0.393 e. The Morgan fingerprint density at radius 1 is 1.26 bits per heavy atom. The van der Waals surface area contributed by atoms with Gasteiger partial charge in [0.2, 0.25) is 10.0 Å². The van der Waals surface area contributed by atoms with Crippen LogP contribution in [0.3, 0.4) is 0 Å². The Balaban J connectivity index is 1.93. The second-order valence-electron chi connectivity index (χ2n) is 5.08. The number of primary sulfonamides is 1. The van der Waals surface area contributed by atoms with Gasteiger partial charge in [-0.1, -0.05) is 12.1 Å². The number of nitrogens with two attached hydrogens (primary N) is 1. The molecule has 6 heteroatoms. The first-order chi connectivity index (χ1) is 8.95. The van der Waals surface area contributed by atoms with Crippen LogP contribution in [-0.2, 0) is 16.6 Å². The number of aliphatic hydroxyl groups is 1. The average molecular weight is 284 g/mol. The van der Waals surface area contributed by atoms with Crippen molar-refractivity contribution in [3.05, 3.63) is 29.8 Å². The minimum atomic E-state index is -3.64. The number of benzene rings is 1. The van der Waals surface area contributed by atoms with Crippen LogP contribution in [0.1, 0.15) is 31.2 Å². The topological polar surface area (TPSA) is 92.4 Å². The monoisotopic (exact) mass is 284 g/mol. The van der Waals surface area contributed by atoms with Crippen molar-refractivity contribution in [3.8, 4) is 0 Å². The van der Waals surface area contributed by atoms with Gasteiger partial charge < -0.3 is 10.4 Å². The summed E-state index contributed by atoms with van der Waals surface area (Å²) in [6.07, 6.45) is 3.40. The fraction of sp³-hybridized carbons (Fsp3) is 0.538. The summed E-state index contributed by atoms with van der Waals surface area (Å²) in [6.45, 7) is 0.615. The zero-order chi connectivity index (χ0) is 13.9. The van der Waals surface area contributed by atoms with Crippen molar-refractivity contribution in [2.24, 2.45) is 5.14 Å². The number of hydrogen-bond acceptors (Lipinski definition) is 4. The molecule has 1 aromatic rings. The second-order valence-corrected chi connectivity index (χ2v) is 6.64. The minimum absolute atomic E-state index is 0.144. The van der Waals surface area contributed by atoms with Crippen molar-refractivity contribution in [2.45, 2.75) is 49.3 Å². The molecule has 0 unspecified atom stereocenters. The molecule has 4 N–H and O–H groups in total. The van der Waals surface area contributed by atoms with E-state index in [2.05, 4.69) is 5.32 Å². The van der Waals surface area contributed by atoms with Gasteiger partial charge >= 0.3 is 0 Å². The highest BCUT2D eigenvalue weighted by Gasteiger charge is 2.18. The molecule has 0 radical (unpaired) electrons. The van der Waals surface area contributed by atoms with Crippen molar-refractivity contribution in [3.63, 3.8) is 0 Å². The van der Waals surface area contributed by atoms with Gasteiger partial charge in [-0.15, -0.1) is 0 Å². The van der Waals surface area contributed by atoms with Gasteiger partial charge in [0.1, 0.15) is 0 Å². The maximum atomic E-state index is 11.3. The highest BCUT2D eigenvalue weighted by atomic mass is 32.2. The lowest BCUT2D eigenvalue weighted by Crippen LogP contribution is -2.34. The zero-order valence-electron chi connectivity index (χ0n) is 10.7. The molecular weight excluding hydrogens is 264 g/mol. The normalized spacial score (nSPS) is 24.3. The molecule has 0 saturated heterocycles. The first-order valence-electron chi connectivity index (χ1n) is 6.48. The Hall–Kier alpha value is -0.950. The maximum absolute atomic E-state index is 11.3. The van der Waals surface area contributed by atoms with Crippen molar-refractivity contribution in [1.29, 1.82) is 0 Å². The Morgan fingerprint density at radius 2 is 1.95 bits per heavy atom. The molecule has 0 bridgehead atoms. The molecule has 1 aliphatic rings. The van der Waals surface area contributed by atoms with Gasteiger partial charge in [0.15, 0.2) is 0 Å². The van der Waals surface area contributed by atoms with E-state index >= 15 is 0 Å². The summed E-state index contributed by atoms with van der Waals surface area (Å²) >= 11 is 0. The number of aliphatic hydroxyl groups excluding tert-OH is 1. The van der Waals surface area contributed by atoms with E-state index in [1.54, 1.807) is 12.1 Å². The highest BCUT2D eigenvalue weighted by molar-refractivity contribution is 7.89. The molecule has 1 aliphatic carbocycles. The van der Waals surface area contributed by atoms with Crippen LogP contribution in [0, 0.1) is 0 Å². The van der Waals surface area contributed by atoms with E-state index in [4.69, 9.17) is 5.14 Å². The molecule has 0 aromatic heterocycles. The van der Waals surface area contributed by atoms with E-state index in [-0.39, 0.29) is 11.0 Å². The van der Waals surface area contributed by atoms with Crippen LogP contribution in [0.2, 0.25) is 0 Å². The smallest absolute Gasteiger partial charge is 0.238 e. The van der Waals surface area contributed by atoms with Gasteiger partial charge in [0.25, 0.3) is 0 Å². The molecule has 0 aliphatic heterocycles. The van der Waals surface area contributed by atoms with E-state index in [1.165, 1.54) is 6.07 Å². The lowest BCUT2D eigenvalue weighted by molar-refractivity contribution is 0.116. The number of rotatable bonds is 4. The molecule has 0 atom stereocenters. The molecule has 1 aromatic carbocycles. The fourth-order valence-corrected chi connectivity index (χ4v) is 2.96. The third-order valence-corrected chi connectivity index (χ3v) is 4.43. The van der Waals surface area contributed by atoms with E-state index in [1.807, 2.05) is 6.07 Å². The highest BCUT2D eigenvalue weighted by Crippen LogP contribution is 2.19. The molecule has 5 nitrogen and oxygen atoms in total. The van der Waals surface area contributed by atoms with Crippen molar-refractivity contribution in [2.75, 3.05) is 0 Å². The van der Waals surface area contributed by atoms with Gasteiger partial charge in [0, 0.05) is 12.6 Å². The fourth-order valence-electron chi connectivity index (χ4n) is 2.37. The lowest BCUT2D eigenvalue weighted by atomic mass is 9.93. The summed E-state index contributed by atoms with van der Waals surface area (Å²) in [5, 5.41) is 17.9. The maximum Gasteiger partial charge on any atom is 0.238 e. The van der Waals surface area contributed by atoms with Crippen molar-refractivity contribution < 1.29 is 13.5 Å². The number of sulfonamides is 1. The van der Waals surface area contributed by atoms with E-state index in [0.29, 0.717) is 12.6 Å². The van der Waals surface area contributed by atoms with Crippen molar-refractivity contribution in [1.82, 2.24) is 5.32 Å². The van der Waals surface area contributed by atoms with Gasteiger partial charge in [0.05, 0.1) is 11.0 Å². The SMILES string of the molecule is NS(=O)(=O)c1cccc(CNC2CCC(O)CC2)c1. The Morgan fingerprint density at radius 3 is 2.58 bits per heavy atom. The molecule has 0 spiro atoms. The summed E-state index contributed by atoms with van der Waals surface area (Å²) in [6, 6.07) is 7.05. The van der Waals surface area contributed by atoms with Crippen LogP contribution in [0.15, 0.2) is 29.2 Å². The Labute approximate surface area is 113 Å². The van der Waals surface area contributed by atoms with E-state index < -0.39 is 10.0 Å². The molecule has 0 heterocycles. The first-order valence-corrected chi connectivity index (χ1v) is 8.03. The molecule has 2 rings (SSSR count).